The van der Waals surface area contributed by atoms with Crippen molar-refractivity contribution in [3.8, 4) is 0 Å². The zero-order valence-electron chi connectivity index (χ0n) is 10.2. The van der Waals surface area contributed by atoms with Gasteiger partial charge in [-0.05, 0) is 18.6 Å². The predicted octanol–water partition coefficient (Wildman–Crippen LogP) is 0.785. The number of furan rings is 1. The van der Waals surface area contributed by atoms with Gasteiger partial charge in [-0.25, -0.2) is 0 Å². The van der Waals surface area contributed by atoms with Gasteiger partial charge in [0.2, 0.25) is 0 Å². The van der Waals surface area contributed by atoms with E-state index in [0.29, 0.717) is 24.7 Å². The largest absolute Gasteiger partial charge is 0.459 e. The maximum absolute atomic E-state index is 12.1. The van der Waals surface area contributed by atoms with Crippen LogP contribution < -0.4 is 0 Å². The van der Waals surface area contributed by atoms with E-state index in [4.69, 9.17) is 14.0 Å². The number of carbonyl (C=O) groups is 1. The highest BCUT2D eigenvalue weighted by atomic mass is 16.5. The average molecular weight is 263 g/mol. The lowest BCUT2D eigenvalue weighted by Gasteiger charge is -2.13. The Morgan fingerprint density at radius 3 is 3.16 bits per heavy atom. The van der Waals surface area contributed by atoms with Crippen LogP contribution in [-0.2, 0) is 6.61 Å². The molecule has 0 saturated carbocycles. The Morgan fingerprint density at radius 2 is 2.47 bits per heavy atom. The van der Waals surface area contributed by atoms with Crippen molar-refractivity contribution in [2.24, 2.45) is 0 Å². The Hall–Kier alpha value is -2.15. The molecule has 100 valence electrons. The van der Waals surface area contributed by atoms with Crippen LogP contribution >= 0.6 is 0 Å². The van der Waals surface area contributed by atoms with Crippen molar-refractivity contribution in [3.63, 3.8) is 0 Å². The van der Waals surface area contributed by atoms with Gasteiger partial charge in [0.25, 0.3) is 11.8 Å². The van der Waals surface area contributed by atoms with Gasteiger partial charge in [0, 0.05) is 19.0 Å². The summed E-state index contributed by atoms with van der Waals surface area (Å²) in [7, 11) is 0. The van der Waals surface area contributed by atoms with Gasteiger partial charge in [-0.3, -0.25) is 4.79 Å². The van der Waals surface area contributed by atoms with E-state index < -0.39 is 0 Å². The molecule has 3 rings (SSSR count). The molecule has 0 radical (unpaired) electrons. The Kier molecular flexibility index (Phi) is 3.04. The molecule has 1 aliphatic rings. The van der Waals surface area contributed by atoms with E-state index in [1.165, 1.54) is 6.26 Å². The van der Waals surface area contributed by atoms with E-state index in [2.05, 4.69) is 10.1 Å². The molecule has 0 bridgehead atoms. The Bertz CT molecular complexity index is 563. The number of nitrogens with zero attached hydrogens (tertiary/aromatic N) is 3. The van der Waals surface area contributed by atoms with Gasteiger partial charge in [-0.15, -0.1) is 0 Å². The predicted molar refractivity (Wildman–Crippen MR) is 62.2 cm³/mol. The van der Waals surface area contributed by atoms with Crippen molar-refractivity contribution >= 4 is 5.91 Å². The maximum atomic E-state index is 12.1. The third kappa shape index (κ3) is 2.24. The van der Waals surface area contributed by atoms with Gasteiger partial charge in [-0.1, -0.05) is 5.16 Å². The van der Waals surface area contributed by atoms with Crippen molar-refractivity contribution < 1.29 is 18.8 Å². The first-order valence-corrected chi connectivity index (χ1v) is 6.04. The molecule has 0 aliphatic carbocycles. The van der Waals surface area contributed by atoms with Gasteiger partial charge >= 0.3 is 0 Å². The van der Waals surface area contributed by atoms with Gasteiger partial charge < -0.3 is 18.9 Å². The maximum Gasteiger partial charge on any atom is 0.289 e. The number of carbonyl (C=O) groups excluding carboxylic acids is 1. The van der Waals surface area contributed by atoms with Gasteiger partial charge in [0.05, 0.1) is 6.26 Å². The molecule has 1 atom stereocenters. The number of aromatic nitrogens is 2. The smallest absolute Gasteiger partial charge is 0.289 e. The van der Waals surface area contributed by atoms with Crippen LogP contribution in [0.2, 0.25) is 0 Å². The number of rotatable bonds is 3. The van der Waals surface area contributed by atoms with Crippen molar-refractivity contribution in [1.29, 1.82) is 0 Å². The van der Waals surface area contributed by atoms with Crippen LogP contribution in [0.4, 0.5) is 0 Å². The lowest BCUT2D eigenvalue weighted by Crippen LogP contribution is -2.28. The molecule has 1 N–H and O–H groups in total. The summed E-state index contributed by atoms with van der Waals surface area (Å²) in [4.78, 5) is 17.9. The molecule has 1 unspecified atom stereocenters. The number of amides is 1. The van der Waals surface area contributed by atoms with Crippen molar-refractivity contribution in [3.05, 3.63) is 35.9 Å². The van der Waals surface area contributed by atoms with E-state index in [9.17, 15) is 4.79 Å². The molecule has 1 fully saturated rings. The fourth-order valence-electron chi connectivity index (χ4n) is 2.21. The summed E-state index contributed by atoms with van der Waals surface area (Å²) in [5.74, 6) is 0.996. The topological polar surface area (TPSA) is 92.6 Å². The highest BCUT2D eigenvalue weighted by Gasteiger charge is 2.31. The van der Waals surface area contributed by atoms with Gasteiger partial charge in [0.1, 0.15) is 6.61 Å². The fourth-order valence-corrected chi connectivity index (χ4v) is 2.21. The zero-order valence-corrected chi connectivity index (χ0v) is 10.2. The molecule has 1 amide bonds. The summed E-state index contributed by atoms with van der Waals surface area (Å²) in [6, 6.07) is 3.33. The molecular weight excluding hydrogens is 250 g/mol. The van der Waals surface area contributed by atoms with Crippen molar-refractivity contribution in [2.45, 2.75) is 18.9 Å². The zero-order chi connectivity index (χ0) is 13.2. The molecule has 1 saturated heterocycles. The van der Waals surface area contributed by atoms with Gasteiger partial charge in [0.15, 0.2) is 11.6 Å². The molecule has 19 heavy (non-hydrogen) atoms. The Morgan fingerprint density at radius 1 is 1.58 bits per heavy atom. The van der Waals surface area contributed by atoms with Crippen LogP contribution in [0, 0.1) is 0 Å². The molecule has 2 aromatic rings. The second-order valence-corrected chi connectivity index (χ2v) is 4.42. The lowest BCUT2D eigenvalue weighted by molar-refractivity contribution is 0.0759. The Labute approximate surface area is 108 Å². The summed E-state index contributed by atoms with van der Waals surface area (Å²) in [6.45, 7) is 0.895. The molecule has 1 aliphatic heterocycles. The molecule has 0 aromatic carbocycles. The van der Waals surface area contributed by atoms with Crippen LogP contribution in [-0.4, -0.2) is 39.1 Å². The van der Waals surface area contributed by atoms with Crippen LogP contribution in [0.25, 0.3) is 0 Å². The molecular formula is C12H13N3O4. The van der Waals surface area contributed by atoms with Crippen LogP contribution in [0.3, 0.4) is 0 Å². The first kappa shape index (κ1) is 11.9. The minimum Gasteiger partial charge on any atom is -0.459 e. The summed E-state index contributed by atoms with van der Waals surface area (Å²) >= 11 is 0. The molecule has 2 aromatic heterocycles. The van der Waals surface area contributed by atoms with Crippen molar-refractivity contribution in [2.75, 3.05) is 13.1 Å². The highest BCUT2D eigenvalue weighted by Crippen LogP contribution is 2.26. The second kappa shape index (κ2) is 4.85. The minimum absolute atomic E-state index is 0.0444. The van der Waals surface area contributed by atoms with Crippen LogP contribution in [0.1, 0.15) is 34.6 Å². The summed E-state index contributed by atoms with van der Waals surface area (Å²) in [6.07, 6.45) is 2.25. The fraction of sp³-hybridized carbons (Fsp3) is 0.417. The average Bonchev–Trinajstić information content (AvgIpc) is 3.17. The first-order valence-electron chi connectivity index (χ1n) is 6.04. The first-order chi connectivity index (χ1) is 9.28. The molecule has 3 heterocycles. The van der Waals surface area contributed by atoms with Crippen LogP contribution in [0.15, 0.2) is 27.3 Å². The van der Waals surface area contributed by atoms with Gasteiger partial charge in [-0.2, -0.15) is 4.98 Å². The monoisotopic (exact) mass is 263 g/mol. The SMILES string of the molecule is O=C(c1ccco1)N1CCC(c2noc(CO)n2)C1. The van der Waals surface area contributed by atoms with E-state index in [-0.39, 0.29) is 24.3 Å². The molecule has 0 spiro atoms. The number of likely N-dealkylation sites (tertiary alicyclic amines) is 1. The van der Waals surface area contributed by atoms with Crippen molar-refractivity contribution in [1.82, 2.24) is 15.0 Å². The highest BCUT2D eigenvalue weighted by molar-refractivity contribution is 5.91. The normalized spacial score (nSPS) is 19.0. The number of hydrogen-bond donors (Lipinski definition) is 1. The van der Waals surface area contributed by atoms with E-state index >= 15 is 0 Å². The number of aliphatic hydroxyl groups excluding tert-OH is 1. The summed E-state index contributed by atoms with van der Waals surface area (Å²) in [5.41, 5.74) is 0. The van der Waals surface area contributed by atoms with E-state index in [1.54, 1.807) is 17.0 Å². The molecule has 7 nitrogen and oxygen atoms in total. The van der Waals surface area contributed by atoms with E-state index in [0.717, 1.165) is 6.42 Å². The lowest BCUT2D eigenvalue weighted by atomic mass is 10.1. The minimum atomic E-state index is -0.269. The third-order valence-corrected chi connectivity index (χ3v) is 3.19. The second-order valence-electron chi connectivity index (χ2n) is 4.42. The third-order valence-electron chi connectivity index (χ3n) is 3.19. The standard InChI is InChI=1S/C12H13N3O4/c16-7-10-13-11(14-19-10)8-3-4-15(6-8)12(17)9-2-1-5-18-9/h1-2,5,8,16H,3-4,6-7H2. The number of aliphatic hydroxyl groups is 1. The summed E-state index contributed by atoms with van der Waals surface area (Å²) < 4.78 is 9.96. The number of hydrogen-bond acceptors (Lipinski definition) is 6. The quantitative estimate of drug-likeness (QED) is 0.879. The van der Waals surface area contributed by atoms with E-state index in [1.807, 2.05) is 0 Å². The van der Waals surface area contributed by atoms with Crippen LogP contribution in [0.5, 0.6) is 0 Å². The molecule has 7 heteroatoms. The Balaban J connectivity index is 1.68. The summed E-state index contributed by atoms with van der Waals surface area (Å²) in [5, 5.41) is 12.7.